The Kier molecular flexibility index (Phi) is 8.02. The van der Waals surface area contributed by atoms with Crippen LogP contribution in [0.1, 0.15) is 29.8 Å². The fourth-order valence-corrected chi connectivity index (χ4v) is 4.46. The van der Waals surface area contributed by atoms with Gasteiger partial charge in [-0.3, -0.25) is 9.59 Å². The van der Waals surface area contributed by atoms with Gasteiger partial charge in [0.1, 0.15) is 6.04 Å². The first kappa shape index (κ1) is 22.0. The molecule has 0 aromatic heterocycles. The van der Waals surface area contributed by atoms with Crippen molar-refractivity contribution in [2.75, 3.05) is 31.4 Å². The molecule has 1 aliphatic rings. The van der Waals surface area contributed by atoms with E-state index in [2.05, 4.69) is 5.32 Å². The zero-order valence-electron chi connectivity index (χ0n) is 17.4. The van der Waals surface area contributed by atoms with Crippen molar-refractivity contribution >= 4 is 23.6 Å². The number of carbonyl (C=O) groups is 2. The molecule has 0 spiro atoms. The predicted molar refractivity (Wildman–Crippen MR) is 119 cm³/mol. The van der Waals surface area contributed by atoms with Crippen LogP contribution < -0.4 is 14.8 Å². The summed E-state index contributed by atoms with van der Waals surface area (Å²) in [4.78, 5) is 27.1. The van der Waals surface area contributed by atoms with Crippen LogP contribution in [0.15, 0.2) is 48.5 Å². The van der Waals surface area contributed by atoms with Crippen molar-refractivity contribution in [2.45, 2.75) is 26.3 Å². The zero-order valence-corrected chi connectivity index (χ0v) is 18.2. The molecule has 1 atom stereocenters. The van der Waals surface area contributed by atoms with Crippen LogP contribution in [0.4, 0.5) is 0 Å². The molecule has 1 unspecified atom stereocenters. The SMILES string of the molecule is CCOc1ccc(CCNC(=O)C2CSCN2C(=O)c2ccccc2)cc1OCC. The predicted octanol–water partition coefficient (Wildman–Crippen LogP) is 3.36. The fourth-order valence-electron chi connectivity index (χ4n) is 3.31. The van der Waals surface area contributed by atoms with Crippen LogP contribution in [0.2, 0.25) is 0 Å². The van der Waals surface area contributed by atoms with E-state index < -0.39 is 6.04 Å². The first-order valence-electron chi connectivity index (χ1n) is 10.2. The molecule has 1 saturated heterocycles. The minimum Gasteiger partial charge on any atom is -0.490 e. The molecule has 0 bridgehead atoms. The molecule has 0 aliphatic carbocycles. The van der Waals surface area contributed by atoms with Crippen molar-refractivity contribution in [3.63, 3.8) is 0 Å². The molecule has 0 saturated carbocycles. The standard InChI is InChI=1S/C23H28N2O4S/c1-3-28-20-11-10-17(14-21(20)29-4-2)12-13-24-22(26)19-15-30-16-25(19)23(27)18-8-6-5-7-9-18/h5-11,14,19H,3-4,12-13,15-16H2,1-2H3,(H,24,26). The number of rotatable bonds is 9. The third-order valence-corrected chi connectivity index (χ3v) is 5.80. The number of benzene rings is 2. The number of amides is 2. The smallest absolute Gasteiger partial charge is 0.255 e. The van der Waals surface area contributed by atoms with Crippen LogP contribution in [0.5, 0.6) is 11.5 Å². The van der Waals surface area contributed by atoms with Gasteiger partial charge in [0.05, 0.1) is 19.1 Å². The van der Waals surface area contributed by atoms with E-state index in [0.717, 1.165) is 17.1 Å². The highest BCUT2D eigenvalue weighted by molar-refractivity contribution is 7.99. The number of thioether (sulfide) groups is 1. The summed E-state index contributed by atoms with van der Waals surface area (Å²) in [5.74, 6) is 2.37. The average Bonchev–Trinajstić information content (AvgIpc) is 3.26. The lowest BCUT2D eigenvalue weighted by Crippen LogP contribution is -2.47. The van der Waals surface area contributed by atoms with Gasteiger partial charge in [-0.1, -0.05) is 24.3 Å². The lowest BCUT2D eigenvalue weighted by molar-refractivity contribution is -0.124. The Morgan fingerprint density at radius 3 is 2.53 bits per heavy atom. The van der Waals surface area contributed by atoms with Crippen LogP contribution in [0.3, 0.4) is 0 Å². The largest absolute Gasteiger partial charge is 0.490 e. The summed E-state index contributed by atoms with van der Waals surface area (Å²) in [6.07, 6.45) is 0.671. The lowest BCUT2D eigenvalue weighted by Gasteiger charge is -2.23. The molecule has 1 heterocycles. The van der Waals surface area contributed by atoms with Gasteiger partial charge in [-0.2, -0.15) is 0 Å². The van der Waals surface area contributed by atoms with Gasteiger partial charge < -0.3 is 19.7 Å². The Morgan fingerprint density at radius 2 is 1.80 bits per heavy atom. The van der Waals surface area contributed by atoms with Crippen LogP contribution in [-0.4, -0.2) is 54.1 Å². The lowest BCUT2D eigenvalue weighted by atomic mass is 10.1. The highest BCUT2D eigenvalue weighted by Crippen LogP contribution is 2.28. The Labute approximate surface area is 181 Å². The Morgan fingerprint density at radius 1 is 1.07 bits per heavy atom. The van der Waals surface area contributed by atoms with Crippen LogP contribution in [0.25, 0.3) is 0 Å². The van der Waals surface area contributed by atoms with Gasteiger partial charge in [0.15, 0.2) is 11.5 Å². The van der Waals surface area contributed by atoms with Crippen molar-refractivity contribution in [1.82, 2.24) is 10.2 Å². The molecule has 1 N–H and O–H groups in total. The number of ether oxygens (including phenoxy) is 2. The summed E-state index contributed by atoms with van der Waals surface area (Å²) in [6, 6.07) is 14.5. The monoisotopic (exact) mass is 428 g/mol. The van der Waals surface area contributed by atoms with Crippen LogP contribution >= 0.6 is 11.8 Å². The topological polar surface area (TPSA) is 67.9 Å². The van der Waals surface area contributed by atoms with Crippen molar-refractivity contribution in [1.29, 1.82) is 0 Å². The molecule has 160 valence electrons. The normalized spacial score (nSPS) is 15.7. The molecule has 7 heteroatoms. The summed E-state index contributed by atoms with van der Waals surface area (Å²) >= 11 is 1.60. The van der Waals surface area contributed by atoms with Gasteiger partial charge in [0, 0.05) is 17.9 Å². The highest BCUT2D eigenvalue weighted by Gasteiger charge is 2.34. The molecule has 0 radical (unpaired) electrons. The number of hydrogen-bond acceptors (Lipinski definition) is 5. The first-order valence-corrected chi connectivity index (χ1v) is 11.4. The summed E-state index contributed by atoms with van der Waals surface area (Å²) in [5.41, 5.74) is 1.66. The summed E-state index contributed by atoms with van der Waals surface area (Å²) in [7, 11) is 0. The third-order valence-electron chi connectivity index (χ3n) is 4.79. The van der Waals surface area contributed by atoms with Crippen molar-refractivity contribution in [3.05, 3.63) is 59.7 Å². The van der Waals surface area contributed by atoms with Crippen molar-refractivity contribution in [2.24, 2.45) is 0 Å². The average molecular weight is 429 g/mol. The number of nitrogens with one attached hydrogen (secondary N) is 1. The Balaban J connectivity index is 1.56. The van der Waals surface area contributed by atoms with E-state index in [1.54, 1.807) is 28.8 Å². The molecular weight excluding hydrogens is 400 g/mol. The zero-order chi connectivity index (χ0) is 21.3. The van der Waals surface area contributed by atoms with Crippen LogP contribution in [0, 0.1) is 0 Å². The molecule has 3 rings (SSSR count). The maximum atomic E-state index is 12.7. The molecule has 1 aliphatic heterocycles. The van der Waals surface area contributed by atoms with E-state index in [4.69, 9.17) is 9.47 Å². The second-order valence-electron chi connectivity index (χ2n) is 6.84. The van der Waals surface area contributed by atoms with Crippen molar-refractivity contribution in [3.8, 4) is 11.5 Å². The molecule has 2 aromatic carbocycles. The summed E-state index contributed by atoms with van der Waals surface area (Å²) < 4.78 is 11.3. The first-order chi connectivity index (χ1) is 14.6. The van der Waals surface area contributed by atoms with E-state index in [9.17, 15) is 9.59 Å². The summed E-state index contributed by atoms with van der Waals surface area (Å²) in [5, 5.41) is 2.98. The second kappa shape index (κ2) is 10.9. The van der Waals surface area contributed by atoms with E-state index >= 15 is 0 Å². The minimum absolute atomic E-state index is 0.103. The van der Waals surface area contributed by atoms with Crippen LogP contribution in [-0.2, 0) is 11.2 Å². The van der Waals surface area contributed by atoms with Gasteiger partial charge in [-0.15, -0.1) is 11.8 Å². The van der Waals surface area contributed by atoms with E-state index in [1.165, 1.54) is 0 Å². The number of nitrogens with zero attached hydrogens (tertiary/aromatic N) is 1. The summed E-state index contributed by atoms with van der Waals surface area (Å²) in [6.45, 7) is 5.50. The third kappa shape index (κ3) is 5.48. The molecule has 2 amide bonds. The molecule has 6 nitrogen and oxygen atoms in total. The Bertz CT molecular complexity index is 860. The minimum atomic E-state index is -0.443. The molecule has 30 heavy (non-hydrogen) atoms. The van der Waals surface area contributed by atoms with Gasteiger partial charge >= 0.3 is 0 Å². The van der Waals surface area contributed by atoms with E-state index in [0.29, 0.717) is 43.4 Å². The van der Waals surface area contributed by atoms with Gasteiger partial charge in [-0.05, 0) is 50.1 Å². The number of hydrogen-bond donors (Lipinski definition) is 1. The van der Waals surface area contributed by atoms with Gasteiger partial charge in [0.2, 0.25) is 5.91 Å². The molecule has 1 fully saturated rings. The quantitative estimate of drug-likeness (QED) is 0.663. The maximum Gasteiger partial charge on any atom is 0.255 e. The molecular formula is C23H28N2O4S. The van der Waals surface area contributed by atoms with Crippen molar-refractivity contribution < 1.29 is 19.1 Å². The Hall–Kier alpha value is -2.67. The van der Waals surface area contributed by atoms with E-state index in [1.807, 2.05) is 50.2 Å². The fraction of sp³-hybridized carbons (Fsp3) is 0.391. The maximum absolute atomic E-state index is 12.7. The molecule has 2 aromatic rings. The van der Waals surface area contributed by atoms with Gasteiger partial charge in [-0.25, -0.2) is 0 Å². The van der Waals surface area contributed by atoms with E-state index in [-0.39, 0.29) is 11.8 Å². The van der Waals surface area contributed by atoms with Gasteiger partial charge in [0.25, 0.3) is 5.91 Å². The number of carbonyl (C=O) groups excluding carboxylic acids is 2. The second-order valence-corrected chi connectivity index (χ2v) is 7.84. The highest BCUT2D eigenvalue weighted by atomic mass is 32.2.